The number of hydrogen-bond donors (Lipinski definition) is 6. The quantitative estimate of drug-likeness (QED) is 0.234. The summed E-state index contributed by atoms with van der Waals surface area (Å²) in [5.74, 6) is -3.24. The number of carbonyl (C=O) groups is 4. The van der Waals surface area contributed by atoms with Gasteiger partial charge in [-0.05, 0) is 27.2 Å². The van der Waals surface area contributed by atoms with Gasteiger partial charge in [-0.3, -0.25) is 23.7 Å². The van der Waals surface area contributed by atoms with Crippen LogP contribution in [0.15, 0.2) is 0 Å². The summed E-state index contributed by atoms with van der Waals surface area (Å²) in [4.78, 5) is 55.6. The number of carboxylic acids is 1. The first-order valence-electron chi connectivity index (χ1n) is 7.93. The van der Waals surface area contributed by atoms with E-state index < -0.39 is 55.2 Å². The van der Waals surface area contributed by atoms with Gasteiger partial charge < -0.3 is 31.7 Å². The van der Waals surface area contributed by atoms with E-state index in [-0.39, 0.29) is 12.6 Å². The molecule has 0 aromatic heterocycles. The summed E-state index contributed by atoms with van der Waals surface area (Å²) in [5, 5.41) is 15.6. The van der Waals surface area contributed by atoms with Crippen LogP contribution in [0.4, 0.5) is 0 Å². The Morgan fingerprint density at radius 3 is 1.69 bits per heavy atom. The molecule has 5 unspecified atom stereocenters. The summed E-state index contributed by atoms with van der Waals surface area (Å²) in [6, 6.07) is -4.19. The van der Waals surface area contributed by atoms with Crippen molar-refractivity contribution < 1.29 is 33.7 Å². The van der Waals surface area contributed by atoms with Crippen molar-refractivity contribution in [2.45, 2.75) is 51.4 Å². The van der Waals surface area contributed by atoms with Gasteiger partial charge in [-0.2, -0.15) is 0 Å². The van der Waals surface area contributed by atoms with Crippen LogP contribution < -0.4 is 21.7 Å². The third-order valence-electron chi connectivity index (χ3n) is 3.43. The molecule has 0 heterocycles. The number of nitrogens with one attached hydrogen (secondary N) is 3. The lowest BCUT2D eigenvalue weighted by Gasteiger charge is -2.20. The maximum Gasteiger partial charge on any atom is 0.325 e. The van der Waals surface area contributed by atoms with Crippen LogP contribution in [-0.2, 0) is 23.7 Å². The molecule has 3 amide bonds. The fraction of sp³-hybridized carbons (Fsp3) is 0.714. The Morgan fingerprint density at radius 1 is 0.923 bits per heavy atom. The second kappa shape index (κ2) is 10.2. The number of rotatable bonds is 10. The van der Waals surface area contributed by atoms with Crippen LogP contribution in [0, 0.1) is 0 Å². The van der Waals surface area contributed by atoms with Crippen molar-refractivity contribution in [3.05, 3.63) is 0 Å². The molecule has 0 aliphatic carbocycles. The SMILES string of the molecule is CC(NC(=O)C(C)NC(=O)C(C)NC(=O)C(N)CCP(C)(=O)O)C(=O)O. The Bertz CT molecular complexity index is 592. The monoisotopic (exact) mass is 394 g/mol. The van der Waals surface area contributed by atoms with Crippen molar-refractivity contribution in [1.82, 2.24) is 16.0 Å². The minimum absolute atomic E-state index is 0.0175. The van der Waals surface area contributed by atoms with Crippen LogP contribution in [0.2, 0.25) is 0 Å². The van der Waals surface area contributed by atoms with E-state index in [1.807, 2.05) is 0 Å². The number of carbonyl (C=O) groups excluding carboxylic acids is 3. The first-order valence-corrected chi connectivity index (χ1v) is 10.2. The van der Waals surface area contributed by atoms with E-state index in [9.17, 15) is 28.6 Å². The van der Waals surface area contributed by atoms with Crippen LogP contribution in [0.1, 0.15) is 27.2 Å². The van der Waals surface area contributed by atoms with Gasteiger partial charge in [0.2, 0.25) is 17.7 Å². The van der Waals surface area contributed by atoms with E-state index in [2.05, 4.69) is 16.0 Å². The molecule has 0 rings (SSSR count). The van der Waals surface area contributed by atoms with Crippen LogP contribution in [0.5, 0.6) is 0 Å². The minimum Gasteiger partial charge on any atom is -0.480 e. The van der Waals surface area contributed by atoms with Gasteiger partial charge in [0.05, 0.1) is 6.04 Å². The standard InChI is InChI=1S/C14H27N4O7P/c1-7(12(20)18-9(3)14(22)23)16-11(19)8(2)17-13(21)10(15)5-6-26(4,24)25/h7-10H,5-6,15H2,1-4H3,(H,16,19)(H,17,21)(H,18,20)(H,22,23)(H,24,25). The fourth-order valence-electron chi connectivity index (χ4n) is 1.70. The van der Waals surface area contributed by atoms with E-state index in [0.717, 1.165) is 6.66 Å². The predicted molar refractivity (Wildman–Crippen MR) is 93.7 cm³/mol. The molecule has 0 saturated carbocycles. The van der Waals surface area contributed by atoms with Gasteiger partial charge >= 0.3 is 5.97 Å². The smallest absolute Gasteiger partial charge is 0.325 e. The zero-order valence-electron chi connectivity index (χ0n) is 15.2. The van der Waals surface area contributed by atoms with E-state index >= 15 is 0 Å². The molecule has 0 aromatic carbocycles. The van der Waals surface area contributed by atoms with Gasteiger partial charge in [-0.1, -0.05) is 0 Å². The molecular weight excluding hydrogens is 367 g/mol. The molecule has 0 aliphatic heterocycles. The summed E-state index contributed by atoms with van der Waals surface area (Å²) in [7, 11) is -3.29. The van der Waals surface area contributed by atoms with Crippen LogP contribution in [0.3, 0.4) is 0 Å². The van der Waals surface area contributed by atoms with E-state index in [1.165, 1.54) is 20.8 Å². The highest BCUT2D eigenvalue weighted by Gasteiger charge is 2.25. The average Bonchev–Trinajstić information content (AvgIpc) is 2.50. The Kier molecular flexibility index (Phi) is 9.47. The topological polar surface area (TPSA) is 188 Å². The summed E-state index contributed by atoms with van der Waals surface area (Å²) in [5.41, 5.74) is 5.61. The van der Waals surface area contributed by atoms with E-state index in [1.54, 1.807) is 0 Å². The Labute approximate surface area is 151 Å². The largest absolute Gasteiger partial charge is 0.480 e. The normalized spacial score (nSPS) is 17.8. The molecule has 0 fully saturated rings. The van der Waals surface area contributed by atoms with Crippen LogP contribution in [0.25, 0.3) is 0 Å². The second-order valence-corrected chi connectivity index (χ2v) is 8.75. The Balaban J connectivity index is 4.49. The third kappa shape index (κ3) is 9.50. The van der Waals surface area contributed by atoms with Gasteiger partial charge in [0.15, 0.2) is 7.37 Å². The molecular formula is C14H27N4O7P. The molecule has 0 aromatic rings. The summed E-state index contributed by atoms with van der Waals surface area (Å²) in [6.45, 7) is 5.18. The molecule has 0 bridgehead atoms. The van der Waals surface area contributed by atoms with Crippen molar-refractivity contribution in [1.29, 1.82) is 0 Å². The van der Waals surface area contributed by atoms with Crippen molar-refractivity contribution in [2.24, 2.45) is 5.73 Å². The molecule has 0 spiro atoms. The average molecular weight is 394 g/mol. The lowest BCUT2D eigenvalue weighted by Crippen LogP contribution is -2.55. The molecule has 0 aliphatic rings. The molecule has 7 N–H and O–H groups in total. The van der Waals surface area contributed by atoms with Crippen LogP contribution in [-0.4, -0.2) is 70.7 Å². The Morgan fingerprint density at radius 2 is 1.31 bits per heavy atom. The zero-order valence-corrected chi connectivity index (χ0v) is 16.1. The van der Waals surface area contributed by atoms with Crippen molar-refractivity contribution in [3.63, 3.8) is 0 Å². The summed E-state index contributed by atoms with van der Waals surface area (Å²) < 4.78 is 11.2. The van der Waals surface area contributed by atoms with Gasteiger partial charge in [-0.15, -0.1) is 0 Å². The third-order valence-corrected chi connectivity index (χ3v) is 4.51. The summed E-state index contributed by atoms with van der Waals surface area (Å²) >= 11 is 0. The highest BCUT2D eigenvalue weighted by molar-refractivity contribution is 7.57. The highest BCUT2D eigenvalue weighted by atomic mass is 31.2. The van der Waals surface area contributed by atoms with Crippen molar-refractivity contribution in [2.75, 3.05) is 12.8 Å². The Hall–Kier alpha value is -1.97. The minimum atomic E-state index is -3.29. The molecule has 150 valence electrons. The first kappa shape index (κ1) is 24.0. The molecule has 5 atom stereocenters. The maximum absolute atomic E-state index is 12.0. The molecule has 0 radical (unpaired) electrons. The van der Waals surface area contributed by atoms with Gasteiger partial charge in [0.25, 0.3) is 0 Å². The van der Waals surface area contributed by atoms with E-state index in [0.29, 0.717) is 0 Å². The van der Waals surface area contributed by atoms with Crippen LogP contribution >= 0.6 is 7.37 Å². The second-order valence-electron chi connectivity index (χ2n) is 6.20. The molecule has 11 nitrogen and oxygen atoms in total. The molecule has 0 saturated heterocycles. The molecule has 26 heavy (non-hydrogen) atoms. The zero-order chi connectivity index (χ0) is 20.7. The van der Waals surface area contributed by atoms with Crippen molar-refractivity contribution in [3.8, 4) is 0 Å². The lowest BCUT2D eigenvalue weighted by atomic mass is 10.2. The van der Waals surface area contributed by atoms with Gasteiger partial charge in [0, 0.05) is 12.8 Å². The summed E-state index contributed by atoms with van der Waals surface area (Å²) in [6.07, 6.45) is -0.141. The highest BCUT2D eigenvalue weighted by Crippen LogP contribution is 2.35. The fourth-order valence-corrected chi connectivity index (χ4v) is 2.46. The van der Waals surface area contributed by atoms with Crippen molar-refractivity contribution >= 4 is 31.1 Å². The lowest BCUT2D eigenvalue weighted by molar-refractivity contribution is -0.141. The molecule has 12 heteroatoms. The number of carboxylic acid groups (broad SMARTS) is 1. The number of nitrogens with two attached hydrogens (primary N) is 1. The van der Waals surface area contributed by atoms with E-state index in [4.69, 9.17) is 10.8 Å². The number of hydrogen-bond acceptors (Lipinski definition) is 6. The van der Waals surface area contributed by atoms with Gasteiger partial charge in [-0.25, -0.2) is 0 Å². The number of amides is 3. The maximum atomic E-state index is 12.0. The first-order chi connectivity index (χ1) is 11.7. The predicted octanol–water partition coefficient (Wildman–Crippen LogP) is -1.80. The van der Waals surface area contributed by atoms with Gasteiger partial charge in [0.1, 0.15) is 18.1 Å². The number of aliphatic carboxylic acids is 1.